The van der Waals surface area contributed by atoms with Crippen molar-refractivity contribution in [3.63, 3.8) is 0 Å². The van der Waals surface area contributed by atoms with Crippen LogP contribution in [0.3, 0.4) is 0 Å². The molecule has 4 rings (SSSR count). The largest absolute Gasteiger partial charge is 0.490 e. The third-order valence-corrected chi connectivity index (χ3v) is 5.38. The molecule has 0 saturated carbocycles. The van der Waals surface area contributed by atoms with Crippen molar-refractivity contribution in [2.45, 2.75) is 20.3 Å². The van der Waals surface area contributed by atoms with Crippen molar-refractivity contribution in [3.05, 3.63) is 59.3 Å². The van der Waals surface area contributed by atoms with Crippen molar-refractivity contribution >= 4 is 17.5 Å². The number of anilines is 1. The molecule has 2 amide bonds. The molecule has 2 heterocycles. The number of nitrogens with zero attached hydrogens (tertiary/aromatic N) is 2. The number of hydrogen-bond donors (Lipinski definition) is 2. The lowest BCUT2D eigenvalue weighted by Gasteiger charge is -2.11. The van der Waals surface area contributed by atoms with Gasteiger partial charge in [-0.2, -0.15) is 5.10 Å². The van der Waals surface area contributed by atoms with Gasteiger partial charge in [-0.15, -0.1) is 0 Å². The van der Waals surface area contributed by atoms with Crippen LogP contribution >= 0.6 is 0 Å². The Morgan fingerprint density at radius 2 is 1.88 bits per heavy atom. The molecule has 0 aliphatic carbocycles. The van der Waals surface area contributed by atoms with Crippen molar-refractivity contribution in [1.29, 1.82) is 0 Å². The van der Waals surface area contributed by atoms with E-state index in [1.807, 2.05) is 50.2 Å². The minimum Gasteiger partial charge on any atom is -0.490 e. The second-order valence-electron chi connectivity index (χ2n) is 7.76. The van der Waals surface area contributed by atoms with Gasteiger partial charge < -0.3 is 20.1 Å². The highest BCUT2D eigenvalue weighted by molar-refractivity contribution is 6.03. The molecule has 166 valence electrons. The lowest BCUT2D eigenvalue weighted by molar-refractivity contribution is -0.115. The average molecular weight is 434 g/mol. The Hall–Kier alpha value is -3.81. The molecule has 2 N–H and O–H groups in total. The number of fused-ring (bicyclic) bond motifs is 1. The fraction of sp³-hybridized carbons (Fsp3) is 0.292. The smallest absolute Gasteiger partial charge is 0.255 e. The fourth-order valence-corrected chi connectivity index (χ4v) is 3.52. The van der Waals surface area contributed by atoms with Crippen molar-refractivity contribution in [1.82, 2.24) is 15.1 Å². The van der Waals surface area contributed by atoms with E-state index in [-0.39, 0.29) is 18.4 Å². The number of aromatic nitrogens is 2. The first kappa shape index (κ1) is 21.4. The van der Waals surface area contributed by atoms with E-state index < -0.39 is 0 Å². The average Bonchev–Trinajstić information content (AvgIpc) is 3.01. The van der Waals surface area contributed by atoms with Crippen molar-refractivity contribution in [3.8, 4) is 22.8 Å². The lowest BCUT2D eigenvalue weighted by Crippen LogP contribution is -2.33. The molecule has 0 atom stereocenters. The third-order valence-electron chi connectivity index (χ3n) is 5.38. The summed E-state index contributed by atoms with van der Waals surface area (Å²) in [6.07, 6.45) is 2.45. The Balaban J connectivity index is 1.48. The minimum atomic E-state index is -0.378. The van der Waals surface area contributed by atoms with Gasteiger partial charge in [-0.05, 0) is 49.2 Å². The second kappa shape index (κ2) is 9.13. The van der Waals surface area contributed by atoms with Gasteiger partial charge in [-0.3, -0.25) is 14.3 Å². The first-order valence-corrected chi connectivity index (χ1v) is 10.5. The molecule has 0 unspecified atom stereocenters. The maximum atomic E-state index is 12.9. The molecule has 8 heteroatoms. The highest BCUT2D eigenvalue weighted by Crippen LogP contribution is 2.34. The van der Waals surface area contributed by atoms with Gasteiger partial charge in [0.05, 0.1) is 25.3 Å². The summed E-state index contributed by atoms with van der Waals surface area (Å²) in [5.74, 6) is 0.630. The van der Waals surface area contributed by atoms with Gasteiger partial charge in [0.1, 0.15) is 5.69 Å². The number of rotatable bonds is 5. The van der Waals surface area contributed by atoms with E-state index in [4.69, 9.17) is 9.47 Å². The first-order valence-electron chi connectivity index (χ1n) is 10.5. The Bertz CT molecular complexity index is 1170. The number of carbonyl (C=O) groups excluding carboxylic acids is 2. The molecule has 1 aliphatic heterocycles. The molecule has 0 radical (unpaired) electrons. The molecule has 1 aliphatic rings. The molecule has 1 aromatic heterocycles. The number of benzene rings is 2. The van der Waals surface area contributed by atoms with E-state index in [0.29, 0.717) is 36.0 Å². The second-order valence-corrected chi connectivity index (χ2v) is 7.76. The summed E-state index contributed by atoms with van der Waals surface area (Å²) in [6, 6.07) is 11.2. The van der Waals surface area contributed by atoms with Gasteiger partial charge in [0.25, 0.3) is 5.91 Å². The number of ether oxygens (including phenoxy) is 2. The predicted molar refractivity (Wildman–Crippen MR) is 121 cm³/mol. The molecule has 32 heavy (non-hydrogen) atoms. The zero-order valence-electron chi connectivity index (χ0n) is 18.4. The highest BCUT2D eigenvalue weighted by atomic mass is 16.5. The van der Waals surface area contributed by atoms with E-state index >= 15 is 0 Å². The Kier molecular flexibility index (Phi) is 6.11. The molecule has 8 nitrogen and oxygen atoms in total. The Morgan fingerprint density at radius 3 is 2.69 bits per heavy atom. The lowest BCUT2D eigenvalue weighted by atomic mass is 10.1. The van der Waals surface area contributed by atoms with Crippen LogP contribution in [0.5, 0.6) is 11.5 Å². The van der Waals surface area contributed by atoms with Gasteiger partial charge in [0, 0.05) is 30.9 Å². The van der Waals surface area contributed by atoms with E-state index in [0.717, 1.165) is 28.8 Å². The van der Waals surface area contributed by atoms with Gasteiger partial charge in [-0.25, -0.2) is 0 Å². The molecule has 3 aromatic rings. The summed E-state index contributed by atoms with van der Waals surface area (Å²) in [4.78, 5) is 25.3. The van der Waals surface area contributed by atoms with Crippen LogP contribution in [0.25, 0.3) is 11.3 Å². The number of aryl methyl sites for hydroxylation is 2. The van der Waals surface area contributed by atoms with Crippen molar-refractivity contribution in [2.24, 2.45) is 7.05 Å². The molecule has 0 saturated heterocycles. The quantitative estimate of drug-likeness (QED) is 0.643. The molecule has 0 fully saturated rings. The van der Waals surface area contributed by atoms with Crippen LogP contribution in [0.1, 0.15) is 27.9 Å². The standard InChI is InChI=1S/C24H26N4O4/c1-15-6-4-7-19(16(15)2)26-22(29)13-25-24(30)18-14-28(3)27-23(18)17-8-9-20-21(12-17)32-11-5-10-31-20/h4,6-9,12,14H,5,10-11,13H2,1-3H3,(H,25,30)(H,26,29). The van der Waals surface area contributed by atoms with Gasteiger partial charge >= 0.3 is 0 Å². The number of amides is 2. The highest BCUT2D eigenvalue weighted by Gasteiger charge is 2.20. The maximum absolute atomic E-state index is 12.9. The molecule has 0 bridgehead atoms. The summed E-state index contributed by atoms with van der Waals surface area (Å²) in [6.45, 7) is 4.95. The van der Waals surface area contributed by atoms with Crippen LogP contribution in [0.2, 0.25) is 0 Å². The number of hydrogen-bond acceptors (Lipinski definition) is 5. The van der Waals surface area contributed by atoms with Crippen LogP contribution in [0.15, 0.2) is 42.6 Å². The monoisotopic (exact) mass is 434 g/mol. The number of nitrogens with one attached hydrogen (secondary N) is 2. The minimum absolute atomic E-state index is 0.151. The Morgan fingerprint density at radius 1 is 1.09 bits per heavy atom. The van der Waals surface area contributed by atoms with E-state index in [2.05, 4.69) is 15.7 Å². The molecule has 2 aromatic carbocycles. The maximum Gasteiger partial charge on any atom is 0.255 e. The first-order chi connectivity index (χ1) is 15.4. The van der Waals surface area contributed by atoms with Gasteiger partial charge in [0.15, 0.2) is 11.5 Å². The van der Waals surface area contributed by atoms with Crippen molar-refractivity contribution in [2.75, 3.05) is 25.1 Å². The summed E-state index contributed by atoms with van der Waals surface area (Å²) >= 11 is 0. The topological polar surface area (TPSA) is 94.5 Å². The summed E-state index contributed by atoms with van der Waals surface area (Å²) < 4.78 is 13.0. The Labute approximate surface area is 186 Å². The van der Waals surface area contributed by atoms with Crippen molar-refractivity contribution < 1.29 is 19.1 Å². The van der Waals surface area contributed by atoms with Crippen LogP contribution in [0.4, 0.5) is 5.69 Å². The fourth-order valence-electron chi connectivity index (χ4n) is 3.52. The predicted octanol–water partition coefficient (Wildman–Crippen LogP) is 3.23. The summed E-state index contributed by atoms with van der Waals surface area (Å²) in [7, 11) is 1.75. The van der Waals surface area contributed by atoms with Crippen LogP contribution in [-0.4, -0.2) is 41.4 Å². The third kappa shape index (κ3) is 4.59. The zero-order chi connectivity index (χ0) is 22.7. The van der Waals surface area contributed by atoms with E-state index in [1.165, 1.54) is 0 Å². The molecular weight excluding hydrogens is 408 g/mol. The SMILES string of the molecule is Cc1cccc(NC(=O)CNC(=O)c2cn(C)nc2-c2ccc3c(c2)OCCCO3)c1C. The van der Waals surface area contributed by atoms with E-state index in [9.17, 15) is 9.59 Å². The van der Waals surface area contributed by atoms with Crippen LogP contribution < -0.4 is 20.1 Å². The summed E-state index contributed by atoms with van der Waals surface area (Å²) in [5.41, 5.74) is 4.44. The van der Waals surface area contributed by atoms with E-state index in [1.54, 1.807) is 17.9 Å². The zero-order valence-corrected chi connectivity index (χ0v) is 18.4. The molecular formula is C24H26N4O4. The van der Waals surface area contributed by atoms with Crippen LogP contribution in [0, 0.1) is 13.8 Å². The summed E-state index contributed by atoms with van der Waals surface area (Å²) in [5, 5.41) is 9.98. The van der Waals surface area contributed by atoms with Gasteiger partial charge in [0.2, 0.25) is 5.91 Å². The normalized spacial score (nSPS) is 12.7. The van der Waals surface area contributed by atoms with Crippen LogP contribution in [-0.2, 0) is 11.8 Å². The van der Waals surface area contributed by atoms with Gasteiger partial charge in [-0.1, -0.05) is 12.1 Å². The number of carbonyl (C=O) groups is 2. The molecule has 0 spiro atoms.